The van der Waals surface area contributed by atoms with Gasteiger partial charge in [0.05, 0.1) is 12.2 Å². The van der Waals surface area contributed by atoms with Crippen LogP contribution in [0.4, 0.5) is 5.69 Å². The third-order valence-corrected chi connectivity index (χ3v) is 3.71. The lowest BCUT2D eigenvalue weighted by molar-refractivity contribution is -0.136. The van der Waals surface area contributed by atoms with Gasteiger partial charge in [0.1, 0.15) is 0 Å². The number of carbonyl (C=O) groups is 1. The van der Waals surface area contributed by atoms with E-state index in [4.69, 9.17) is 5.11 Å². The minimum Gasteiger partial charge on any atom is -0.481 e. The first kappa shape index (κ1) is 13.2. The van der Waals surface area contributed by atoms with E-state index in [-0.39, 0.29) is 0 Å². The number of carboxylic acids is 1. The maximum absolute atomic E-state index is 11.4. The van der Waals surface area contributed by atoms with E-state index in [0.717, 1.165) is 3.57 Å². The van der Waals surface area contributed by atoms with Crippen molar-refractivity contribution in [1.82, 2.24) is 0 Å². The normalized spacial score (nSPS) is 11.1. The van der Waals surface area contributed by atoms with Crippen molar-refractivity contribution in [2.24, 2.45) is 0 Å². The van der Waals surface area contributed by atoms with Gasteiger partial charge < -0.3 is 5.11 Å². The molecule has 0 heterocycles. The van der Waals surface area contributed by atoms with Crippen molar-refractivity contribution >= 4 is 44.3 Å². The van der Waals surface area contributed by atoms with Crippen molar-refractivity contribution < 1.29 is 18.3 Å². The van der Waals surface area contributed by atoms with Gasteiger partial charge in [0.2, 0.25) is 10.0 Å². The third-order valence-electron chi connectivity index (χ3n) is 1.70. The second-order valence-corrected chi connectivity index (χ2v) is 6.16. The number of halogens is 1. The number of hydrogen-bond acceptors (Lipinski definition) is 3. The van der Waals surface area contributed by atoms with Crippen LogP contribution in [0.15, 0.2) is 24.3 Å². The molecule has 0 fully saturated rings. The van der Waals surface area contributed by atoms with Crippen LogP contribution in [0.1, 0.15) is 6.42 Å². The van der Waals surface area contributed by atoms with Crippen molar-refractivity contribution in [3.05, 3.63) is 27.8 Å². The third kappa shape index (κ3) is 4.79. The average molecular weight is 355 g/mol. The van der Waals surface area contributed by atoms with Crippen LogP contribution < -0.4 is 4.72 Å². The van der Waals surface area contributed by atoms with E-state index in [9.17, 15) is 13.2 Å². The van der Waals surface area contributed by atoms with E-state index in [0.29, 0.717) is 5.69 Å². The summed E-state index contributed by atoms with van der Waals surface area (Å²) in [5.41, 5.74) is 0.436. The summed E-state index contributed by atoms with van der Waals surface area (Å²) in [5.74, 6) is -1.55. The van der Waals surface area contributed by atoms with E-state index in [1.54, 1.807) is 24.3 Å². The van der Waals surface area contributed by atoms with E-state index >= 15 is 0 Å². The first-order valence-electron chi connectivity index (χ1n) is 4.37. The van der Waals surface area contributed by atoms with Crippen molar-refractivity contribution in [2.75, 3.05) is 10.5 Å². The standard InChI is InChI=1S/C9H10INO4S/c10-7-1-3-8(4-2-7)11-16(14,15)6-5-9(12)13/h1-4,11H,5-6H2,(H,12,13). The van der Waals surface area contributed by atoms with Gasteiger partial charge >= 0.3 is 5.97 Å². The fraction of sp³-hybridized carbons (Fsp3) is 0.222. The van der Waals surface area contributed by atoms with Gasteiger partial charge in [-0.3, -0.25) is 9.52 Å². The number of sulfonamides is 1. The number of anilines is 1. The highest BCUT2D eigenvalue weighted by Gasteiger charge is 2.12. The highest BCUT2D eigenvalue weighted by molar-refractivity contribution is 14.1. The summed E-state index contributed by atoms with van der Waals surface area (Å²) in [5, 5.41) is 8.39. The lowest BCUT2D eigenvalue weighted by atomic mass is 10.3. The van der Waals surface area contributed by atoms with Crippen LogP contribution in [0.3, 0.4) is 0 Å². The average Bonchev–Trinajstić information content (AvgIpc) is 2.19. The van der Waals surface area contributed by atoms with Gasteiger partial charge in [-0.25, -0.2) is 8.42 Å². The fourth-order valence-electron chi connectivity index (χ4n) is 0.970. The molecule has 2 N–H and O–H groups in total. The molecule has 88 valence electrons. The van der Waals surface area contributed by atoms with E-state index < -0.39 is 28.2 Å². The molecule has 0 spiro atoms. The molecule has 0 aromatic heterocycles. The molecule has 1 aromatic carbocycles. The zero-order valence-electron chi connectivity index (χ0n) is 8.18. The highest BCUT2D eigenvalue weighted by Crippen LogP contribution is 2.12. The van der Waals surface area contributed by atoms with Gasteiger partial charge in [0, 0.05) is 9.26 Å². The Bertz CT molecular complexity index is 469. The Morgan fingerprint density at radius 2 is 1.88 bits per heavy atom. The number of benzene rings is 1. The molecule has 0 aliphatic rings. The predicted octanol–water partition coefficient (Wildman–Crippen LogP) is 1.51. The fourth-order valence-corrected chi connectivity index (χ4v) is 2.37. The minimum atomic E-state index is -3.58. The monoisotopic (exact) mass is 355 g/mol. The van der Waals surface area contributed by atoms with Crippen LogP contribution >= 0.6 is 22.6 Å². The molecule has 0 amide bonds. The molecule has 7 heteroatoms. The Morgan fingerprint density at radius 1 is 1.31 bits per heavy atom. The molecular weight excluding hydrogens is 345 g/mol. The number of nitrogens with one attached hydrogen (secondary N) is 1. The summed E-state index contributed by atoms with van der Waals surface area (Å²) in [6, 6.07) is 6.77. The SMILES string of the molecule is O=C(O)CCS(=O)(=O)Nc1ccc(I)cc1. The number of hydrogen-bond donors (Lipinski definition) is 2. The summed E-state index contributed by atoms with van der Waals surface area (Å²) >= 11 is 2.10. The van der Waals surface area contributed by atoms with Crippen LogP contribution in [0.5, 0.6) is 0 Å². The molecule has 5 nitrogen and oxygen atoms in total. The number of aliphatic carboxylic acids is 1. The maximum Gasteiger partial charge on any atom is 0.304 e. The largest absolute Gasteiger partial charge is 0.481 e. The van der Waals surface area contributed by atoms with Crippen LogP contribution in [0.2, 0.25) is 0 Å². The molecular formula is C9H10INO4S. The summed E-state index contributed by atoms with van der Waals surface area (Å²) in [7, 11) is -3.58. The second kappa shape index (κ2) is 5.48. The van der Waals surface area contributed by atoms with Gasteiger partial charge in [0.25, 0.3) is 0 Å². The second-order valence-electron chi connectivity index (χ2n) is 3.07. The molecule has 0 saturated heterocycles. The van der Waals surface area contributed by atoms with Gasteiger partial charge in [-0.1, -0.05) is 0 Å². The molecule has 0 aliphatic heterocycles. The van der Waals surface area contributed by atoms with Crippen molar-refractivity contribution in [3.8, 4) is 0 Å². The molecule has 0 radical (unpaired) electrons. The smallest absolute Gasteiger partial charge is 0.304 e. The van der Waals surface area contributed by atoms with Crippen molar-refractivity contribution in [1.29, 1.82) is 0 Å². The van der Waals surface area contributed by atoms with Gasteiger partial charge in [0.15, 0.2) is 0 Å². The molecule has 0 saturated carbocycles. The Hall–Kier alpha value is -0.830. The summed E-state index contributed by atoms with van der Waals surface area (Å²) < 4.78 is 26.1. The Kier molecular flexibility index (Phi) is 4.54. The number of rotatable bonds is 5. The first-order chi connectivity index (χ1) is 7.39. The summed E-state index contributed by atoms with van der Waals surface area (Å²) in [4.78, 5) is 10.2. The van der Waals surface area contributed by atoms with Crippen molar-refractivity contribution in [3.63, 3.8) is 0 Å². The quantitative estimate of drug-likeness (QED) is 0.785. The van der Waals surface area contributed by atoms with Gasteiger partial charge in [-0.15, -0.1) is 0 Å². The maximum atomic E-state index is 11.4. The van der Waals surface area contributed by atoms with Crippen molar-refractivity contribution in [2.45, 2.75) is 6.42 Å². The summed E-state index contributed by atoms with van der Waals surface area (Å²) in [6.45, 7) is 0. The molecule has 0 atom stereocenters. The van der Waals surface area contributed by atoms with Crippen LogP contribution in [-0.4, -0.2) is 25.2 Å². The van der Waals surface area contributed by atoms with Crippen LogP contribution in [0.25, 0.3) is 0 Å². The zero-order chi connectivity index (χ0) is 12.2. The number of carboxylic acid groups (broad SMARTS) is 1. The molecule has 16 heavy (non-hydrogen) atoms. The first-order valence-corrected chi connectivity index (χ1v) is 7.10. The Labute approximate surface area is 107 Å². The van der Waals surface area contributed by atoms with E-state index in [2.05, 4.69) is 27.3 Å². The topological polar surface area (TPSA) is 83.5 Å². The zero-order valence-corrected chi connectivity index (χ0v) is 11.2. The molecule has 1 aromatic rings. The Morgan fingerprint density at radius 3 is 2.38 bits per heavy atom. The molecule has 1 rings (SSSR count). The molecule has 0 unspecified atom stereocenters. The van der Waals surface area contributed by atoms with E-state index in [1.807, 2.05) is 0 Å². The predicted molar refractivity (Wildman–Crippen MR) is 68.8 cm³/mol. The minimum absolute atomic E-state index is 0.403. The van der Waals surface area contributed by atoms with E-state index in [1.165, 1.54) is 0 Å². The highest BCUT2D eigenvalue weighted by atomic mass is 127. The molecule has 0 bridgehead atoms. The lowest BCUT2D eigenvalue weighted by Gasteiger charge is -2.06. The molecule has 0 aliphatic carbocycles. The summed E-state index contributed by atoms with van der Waals surface area (Å²) in [6.07, 6.45) is -0.403. The Balaban J connectivity index is 2.65. The van der Waals surface area contributed by atoms with Crippen LogP contribution in [-0.2, 0) is 14.8 Å². The van der Waals surface area contributed by atoms with Gasteiger partial charge in [-0.05, 0) is 46.9 Å². The lowest BCUT2D eigenvalue weighted by Crippen LogP contribution is -2.18. The van der Waals surface area contributed by atoms with Crippen LogP contribution in [0, 0.1) is 3.57 Å². The van der Waals surface area contributed by atoms with Gasteiger partial charge in [-0.2, -0.15) is 0 Å².